The number of aromatic nitrogens is 5. The molecule has 0 radical (unpaired) electrons. The zero-order valence-corrected chi connectivity index (χ0v) is 17.7. The molecule has 11 heteroatoms. The Hall–Kier alpha value is -4.59. The summed E-state index contributed by atoms with van der Waals surface area (Å²) in [6, 6.07) is 10.3. The number of rotatable bonds is 7. The van der Waals surface area contributed by atoms with Crippen LogP contribution >= 0.6 is 0 Å². The third kappa shape index (κ3) is 5.11. The van der Waals surface area contributed by atoms with Gasteiger partial charge in [0.1, 0.15) is 23.4 Å². The molecule has 3 rings (SSSR count). The molecular formula is C21H21N9O2. The van der Waals surface area contributed by atoms with Gasteiger partial charge >= 0.3 is 0 Å². The first kappa shape index (κ1) is 22.1. The number of nitrogens with one attached hydrogen (secondary N) is 1. The molecule has 162 valence electrons. The van der Waals surface area contributed by atoms with Crippen LogP contribution < -0.4 is 11.1 Å². The van der Waals surface area contributed by atoms with Crippen molar-refractivity contribution in [3.63, 3.8) is 0 Å². The summed E-state index contributed by atoms with van der Waals surface area (Å²) in [5.41, 5.74) is 6.74. The van der Waals surface area contributed by atoms with Crippen LogP contribution in [0.15, 0.2) is 59.3 Å². The lowest BCUT2D eigenvalue weighted by Crippen LogP contribution is -2.21. The molecule has 0 bridgehead atoms. The van der Waals surface area contributed by atoms with Crippen molar-refractivity contribution in [3.8, 4) is 17.6 Å². The molecule has 0 aromatic carbocycles. The number of nitrogens with zero attached hydrogens (tertiary/aromatic N) is 7. The minimum atomic E-state index is -0.584. The number of pyridine rings is 2. The molecule has 0 aliphatic rings. The van der Waals surface area contributed by atoms with Crippen LogP contribution in [0.25, 0.3) is 11.5 Å². The Labute approximate surface area is 184 Å². The summed E-state index contributed by atoms with van der Waals surface area (Å²) in [6.45, 7) is 4.01. The molecular weight excluding hydrogens is 410 g/mol. The normalized spacial score (nSPS) is 11.8. The second-order valence-electron chi connectivity index (χ2n) is 6.77. The first-order valence-corrected chi connectivity index (χ1v) is 9.55. The van der Waals surface area contributed by atoms with Crippen LogP contribution in [0.4, 0.5) is 11.6 Å². The predicted octanol–water partition coefficient (Wildman–Crippen LogP) is 2.35. The van der Waals surface area contributed by atoms with Crippen molar-refractivity contribution in [3.05, 3.63) is 59.9 Å². The largest absolute Gasteiger partial charge is 0.482 e. The van der Waals surface area contributed by atoms with Gasteiger partial charge in [0.05, 0.1) is 18.7 Å². The van der Waals surface area contributed by atoms with Crippen LogP contribution in [0, 0.1) is 11.3 Å². The summed E-state index contributed by atoms with van der Waals surface area (Å²) < 4.78 is 6.89. The number of hydrogen-bond donors (Lipinski definition) is 2. The molecule has 0 atom stereocenters. The SMILES string of the molecule is COC(N)=C(C=Nc1cc(C#N)ccn1)C(=O)Nc1cccc(-c2nncn2C(C)C)n1. The lowest BCUT2D eigenvalue weighted by atomic mass is 10.2. The van der Waals surface area contributed by atoms with Crippen molar-refractivity contribution in [2.75, 3.05) is 12.4 Å². The average Bonchev–Trinajstić information content (AvgIpc) is 3.30. The number of carbonyl (C=O) groups excluding carboxylic acids is 1. The van der Waals surface area contributed by atoms with E-state index in [0.717, 1.165) is 0 Å². The van der Waals surface area contributed by atoms with Crippen LogP contribution in [0.5, 0.6) is 0 Å². The smallest absolute Gasteiger partial charge is 0.263 e. The summed E-state index contributed by atoms with van der Waals surface area (Å²) >= 11 is 0. The molecule has 0 unspecified atom stereocenters. The van der Waals surface area contributed by atoms with Crippen LogP contribution in [-0.4, -0.2) is 44.0 Å². The lowest BCUT2D eigenvalue weighted by Gasteiger charge is -2.11. The fraction of sp³-hybridized carbons (Fsp3) is 0.190. The van der Waals surface area contributed by atoms with Gasteiger partial charge < -0.3 is 20.4 Å². The Balaban J connectivity index is 1.85. The molecule has 3 aromatic heterocycles. The Morgan fingerprint density at radius 2 is 2.19 bits per heavy atom. The van der Waals surface area contributed by atoms with Crippen LogP contribution in [-0.2, 0) is 9.53 Å². The van der Waals surface area contributed by atoms with Gasteiger partial charge in [0.15, 0.2) is 17.5 Å². The number of methoxy groups -OCH3 is 1. The van der Waals surface area contributed by atoms with Gasteiger partial charge in [-0.3, -0.25) is 4.79 Å². The number of nitrogens with two attached hydrogens (primary N) is 1. The molecule has 11 nitrogen and oxygen atoms in total. The standard InChI is InChI=1S/C21H21N9O2/c1-13(2)30-12-26-29-20(30)16-5-4-6-17(27-16)28-21(31)15(19(23)32-3)11-25-18-9-14(10-22)7-8-24-18/h4-9,11-13H,23H2,1-3H3,(H,27,28,31). The first-order chi connectivity index (χ1) is 15.4. The third-order valence-electron chi connectivity index (χ3n) is 4.28. The monoisotopic (exact) mass is 431 g/mol. The van der Waals surface area contributed by atoms with Gasteiger partial charge in [-0.1, -0.05) is 6.07 Å². The van der Waals surface area contributed by atoms with Crippen LogP contribution in [0.3, 0.4) is 0 Å². The number of carbonyl (C=O) groups is 1. The number of aliphatic imine (C=N–C) groups is 1. The molecule has 0 fully saturated rings. The van der Waals surface area contributed by atoms with Crippen LogP contribution in [0.2, 0.25) is 0 Å². The maximum atomic E-state index is 12.9. The van der Waals surface area contributed by atoms with E-state index in [9.17, 15) is 4.79 Å². The van der Waals surface area contributed by atoms with Crippen molar-refractivity contribution in [1.29, 1.82) is 5.26 Å². The highest BCUT2D eigenvalue weighted by atomic mass is 16.5. The number of ether oxygens (including phenoxy) is 1. The minimum absolute atomic E-state index is 0.0331. The molecule has 32 heavy (non-hydrogen) atoms. The quantitative estimate of drug-likeness (QED) is 0.328. The molecule has 3 N–H and O–H groups in total. The molecule has 3 heterocycles. The first-order valence-electron chi connectivity index (χ1n) is 9.55. The van der Waals surface area contributed by atoms with E-state index in [0.29, 0.717) is 17.1 Å². The van der Waals surface area contributed by atoms with E-state index < -0.39 is 5.91 Å². The van der Waals surface area contributed by atoms with Gasteiger partial charge in [0.2, 0.25) is 0 Å². The highest BCUT2D eigenvalue weighted by Gasteiger charge is 2.16. The fourth-order valence-corrected chi connectivity index (χ4v) is 2.65. The topological polar surface area (TPSA) is 157 Å². The lowest BCUT2D eigenvalue weighted by molar-refractivity contribution is -0.112. The summed E-state index contributed by atoms with van der Waals surface area (Å²) in [4.78, 5) is 25.5. The Morgan fingerprint density at radius 3 is 2.91 bits per heavy atom. The van der Waals surface area contributed by atoms with Crippen molar-refractivity contribution in [2.24, 2.45) is 10.7 Å². The summed E-state index contributed by atoms with van der Waals surface area (Å²) in [6.07, 6.45) is 4.29. The van der Waals surface area contributed by atoms with E-state index >= 15 is 0 Å². The van der Waals surface area contributed by atoms with E-state index in [2.05, 4.69) is 30.5 Å². The zero-order valence-electron chi connectivity index (χ0n) is 17.7. The highest BCUT2D eigenvalue weighted by Crippen LogP contribution is 2.20. The van der Waals surface area contributed by atoms with Gasteiger partial charge in [-0.15, -0.1) is 10.2 Å². The Kier molecular flexibility index (Phi) is 6.87. The molecule has 1 amide bonds. The van der Waals surface area contributed by atoms with Crippen molar-refractivity contribution in [2.45, 2.75) is 19.9 Å². The molecule has 0 saturated carbocycles. The summed E-state index contributed by atoms with van der Waals surface area (Å²) in [5.74, 6) is 0.378. The Bertz CT molecular complexity index is 1220. The number of nitriles is 1. The van der Waals surface area contributed by atoms with Gasteiger partial charge in [-0.05, 0) is 32.0 Å². The second-order valence-corrected chi connectivity index (χ2v) is 6.77. The minimum Gasteiger partial charge on any atom is -0.482 e. The van der Waals surface area contributed by atoms with Crippen molar-refractivity contribution in [1.82, 2.24) is 24.7 Å². The third-order valence-corrected chi connectivity index (χ3v) is 4.28. The maximum absolute atomic E-state index is 12.9. The van der Waals surface area contributed by atoms with Gasteiger partial charge in [-0.2, -0.15) is 5.26 Å². The van der Waals surface area contributed by atoms with Gasteiger partial charge in [0, 0.05) is 24.5 Å². The molecule has 3 aromatic rings. The Morgan fingerprint density at radius 1 is 1.38 bits per heavy atom. The molecule has 0 saturated heterocycles. The highest BCUT2D eigenvalue weighted by molar-refractivity contribution is 6.18. The van der Waals surface area contributed by atoms with Gasteiger partial charge in [0.25, 0.3) is 5.91 Å². The van der Waals surface area contributed by atoms with E-state index in [1.54, 1.807) is 30.6 Å². The van der Waals surface area contributed by atoms with E-state index in [4.69, 9.17) is 15.7 Å². The molecule has 0 aliphatic carbocycles. The number of hydrogen-bond acceptors (Lipinski definition) is 9. The summed E-state index contributed by atoms with van der Waals surface area (Å²) in [7, 11) is 1.34. The average molecular weight is 431 g/mol. The van der Waals surface area contributed by atoms with E-state index in [1.165, 1.54) is 25.6 Å². The van der Waals surface area contributed by atoms with E-state index in [1.807, 2.05) is 24.5 Å². The zero-order chi connectivity index (χ0) is 23.1. The van der Waals surface area contributed by atoms with E-state index in [-0.39, 0.29) is 29.1 Å². The molecule has 0 spiro atoms. The summed E-state index contributed by atoms with van der Waals surface area (Å²) in [5, 5.41) is 19.7. The second kappa shape index (κ2) is 9.94. The number of amides is 1. The number of anilines is 1. The maximum Gasteiger partial charge on any atom is 0.263 e. The van der Waals surface area contributed by atoms with Crippen molar-refractivity contribution < 1.29 is 9.53 Å². The fourth-order valence-electron chi connectivity index (χ4n) is 2.65. The van der Waals surface area contributed by atoms with Crippen LogP contribution in [0.1, 0.15) is 25.5 Å². The van der Waals surface area contributed by atoms with Gasteiger partial charge in [-0.25, -0.2) is 15.0 Å². The van der Waals surface area contributed by atoms with Crippen molar-refractivity contribution >= 4 is 23.8 Å². The predicted molar refractivity (Wildman–Crippen MR) is 118 cm³/mol. The molecule has 0 aliphatic heterocycles.